The Kier molecular flexibility index (Phi) is 6.54. The number of amides is 1. The van der Waals surface area contributed by atoms with Gasteiger partial charge in [-0.05, 0) is 30.9 Å². The van der Waals surface area contributed by atoms with Crippen LogP contribution in [0.25, 0.3) is 0 Å². The van der Waals surface area contributed by atoms with Crippen molar-refractivity contribution in [2.75, 3.05) is 6.54 Å². The van der Waals surface area contributed by atoms with Gasteiger partial charge >= 0.3 is 0 Å². The van der Waals surface area contributed by atoms with Crippen molar-refractivity contribution in [2.45, 2.75) is 39.3 Å². The molecule has 0 spiro atoms. The molecule has 2 aromatic rings. The summed E-state index contributed by atoms with van der Waals surface area (Å²) in [6.45, 7) is 7.80. The monoisotopic (exact) mass is 349 g/mol. The van der Waals surface area contributed by atoms with Crippen LogP contribution in [0, 0.1) is 24.2 Å². The Bertz CT molecular complexity index is 762. The number of nitrogens with zero attached hydrogens (tertiary/aromatic N) is 1. The number of carbonyl (C=O) groups excluding carboxylic acids is 1. The molecule has 4 heteroatoms. The molecule has 0 aliphatic rings. The van der Waals surface area contributed by atoms with Crippen molar-refractivity contribution in [3.8, 4) is 6.07 Å². The highest BCUT2D eigenvalue weighted by Crippen LogP contribution is 2.22. The van der Waals surface area contributed by atoms with Gasteiger partial charge in [0.15, 0.2) is 0 Å². The van der Waals surface area contributed by atoms with Crippen LogP contribution in [0.1, 0.15) is 43.5 Å². The maximum atomic E-state index is 12.4. The van der Waals surface area contributed by atoms with E-state index < -0.39 is 5.54 Å². The minimum atomic E-state index is -0.870. The Hall–Kier alpha value is -2.64. The second kappa shape index (κ2) is 8.64. The van der Waals surface area contributed by atoms with E-state index in [1.165, 1.54) is 5.56 Å². The number of benzene rings is 2. The third kappa shape index (κ3) is 4.93. The number of aryl methyl sites for hydroxylation is 1. The van der Waals surface area contributed by atoms with Crippen LogP contribution in [0.3, 0.4) is 0 Å². The van der Waals surface area contributed by atoms with E-state index in [4.69, 9.17) is 0 Å². The fourth-order valence-electron chi connectivity index (χ4n) is 2.66. The van der Waals surface area contributed by atoms with Gasteiger partial charge in [0.1, 0.15) is 5.54 Å². The summed E-state index contributed by atoms with van der Waals surface area (Å²) in [5.41, 5.74) is 2.52. The lowest BCUT2D eigenvalue weighted by atomic mass is 9.90. The lowest BCUT2D eigenvalue weighted by molar-refractivity contribution is -0.121. The number of rotatable bonds is 7. The molecular formula is C22H27N3O. The zero-order valence-electron chi connectivity index (χ0n) is 15.9. The Morgan fingerprint density at radius 2 is 1.65 bits per heavy atom. The zero-order valence-corrected chi connectivity index (χ0v) is 15.9. The van der Waals surface area contributed by atoms with Gasteiger partial charge in [-0.1, -0.05) is 74.0 Å². The van der Waals surface area contributed by atoms with E-state index in [-0.39, 0.29) is 24.4 Å². The van der Waals surface area contributed by atoms with E-state index in [1.54, 1.807) is 6.92 Å². The first-order valence-corrected chi connectivity index (χ1v) is 8.93. The molecular weight excluding hydrogens is 322 g/mol. The highest BCUT2D eigenvalue weighted by Gasteiger charge is 2.30. The fourth-order valence-corrected chi connectivity index (χ4v) is 2.66. The molecule has 0 radical (unpaired) electrons. The van der Waals surface area contributed by atoms with Gasteiger partial charge in [0.05, 0.1) is 18.7 Å². The summed E-state index contributed by atoms with van der Waals surface area (Å²) in [5.74, 6) is -0.158. The molecule has 2 aromatic carbocycles. The van der Waals surface area contributed by atoms with Crippen LogP contribution in [0.4, 0.5) is 0 Å². The van der Waals surface area contributed by atoms with E-state index in [0.29, 0.717) is 0 Å². The van der Waals surface area contributed by atoms with Crippen LogP contribution in [0.2, 0.25) is 0 Å². The molecule has 2 N–H and O–H groups in total. The largest absolute Gasteiger partial charge is 0.337 e. The molecule has 0 unspecified atom stereocenters. The van der Waals surface area contributed by atoms with Gasteiger partial charge in [-0.3, -0.25) is 10.1 Å². The van der Waals surface area contributed by atoms with Crippen LogP contribution in [0.5, 0.6) is 0 Å². The summed E-state index contributed by atoms with van der Waals surface area (Å²) < 4.78 is 0. The lowest BCUT2D eigenvalue weighted by Gasteiger charge is -2.28. The highest BCUT2D eigenvalue weighted by molar-refractivity contribution is 5.79. The molecule has 136 valence electrons. The minimum absolute atomic E-state index is 0.0264. The van der Waals surface area contributed by atoms with E-state index >= 15 is 0 Å². The maximum absolute atomic E-state index is 12.4. The van der Waals surface area contributed by atoms with Gasteiger partial charge in [0.2, 0.25) is 5.91 Å². The van der Waals surface area contributed by atoms with Crippen LogP contribution < -0.4 is 10.6 Å². The van der Waals surface area contributed by atoms with Gasteiger partial charge in [0.25, 0.3) is 0 Å². The van der Waals surface area contributed by atoms with E-state index in [9.17, 15) is 10.1 Å². The Morgan fingerprint density at radius 1 is 1.08 bits per heavy atom. The first kappa shape index (κ1) is 19.7. The van der Waals surface area contributed by atoms with Crippen molar-refractivity contribution in [3.63, 3.8) is 0 Å². The molecule has 1 amide bonds. The molecule has 0 aliphatic heterocycles. The smallest absolute Gasteiger partial charge is 0.235 e. The van der Waals surface area contributed by atoms with E-state index in [1.807, 2.05) is 44.2 Å². The average Bonchev–Trinajstić information content (AvgIpc) is 2.64. The molecule has 0 saturated carbocycles. The van der Waals surface area contributed by atoms with Crippen LogP contribution in [0.15, 0.2) is 54.6 Å². The predicted octanol–water partition coefficient (Wildman–Crippen LogP) is 3.73. The highest BCUT2D eigenvalue weighted by atomic mass is 16.2. The fraction of sp³-hybridized carbons (Fsp3) is 0.364. The van der Waals surface area contributed by atoms with E-state index in [2.05, 4.69) is 47.9 Å². The number of carbonyl (C=O) groups is 1. The van der Waals surface area contributed by atoms with Crippen molar-refractivity contribution in [1.29, 1.82) is 5.26 Å². The van der Waals surface area contributed by atoms with Crippen molar-refractivity contribution in [2.24, 2.45) is 5.92 Å². The summed E-state index contributed by atoms with van der Waals surface area (Å²) in [4.78, 5) is 12.4. The van der Waals surface area contributed by atoms with Gasteiger partial charge in [-0.25, -0.2) is 0 Å². The van der Waals surface area contributed by atoms with Crippen molar-refractivity contribution in [1.82, 2.24) is 10.6 Å². The molecule has 0 bridgehead atoms. The maximum Gasteiger partial charge on any atom is 0.235 e. The number of nitriles is 1. The van der Waals surface area contributed by atoms with E-state index in [0.717, 1.165) is 11.1 Å². The second-order valence-corrected chi connectivity index (χ2v) is 7.15. The standard InChI is InChI=1S/C22H27N3O/c1-16(2)22(4,15-23)25-20(26)14-24-21(18-8-6-5-7-9-18)19-12-10-17(3)11-13-19/h5-13,16,21,24H,14H2,1-4H3,(H,25,26)/t21-,22-/m1/s1. The Morgan fingerprint density at radius 3 is 2.19 bits per heavy atom. The average molecular weight is 349 g/mol. The minimum Gasteiger partial charge on any atom is -0.337 e. The third-order valence-electron chi connectivity index (χ3n) is 4.80. The Labute approximate surface area is 156 Å². The molecule has 0 heterocycles. The third-order valence-corrected chi connectivity index (χ3v) is 4.80. The van der Waals surface area contributed by atoms with Crippen LogP contribution in [-0.2, 0) is 4.79 Å². The van der Waals surface area contributed by atoms with Gasteiger partial charge < -0.3 is 5.32 Å². The van der Waals surface area contributed by atoms with Crippen molar-refractivity contribution < 1.29 is 4.79 Å². The predicted molar refractivity (Wildman–Crippen MR) is 104 cm³/mol. The molecule has 0 aromatic heterocycles. The molecule has 26 heavy (non-hydrogen) atoms. The van der Waals surface area contributed by atoms with Crippen LogP contribution >= 0.6 is 0 Å². The Balaban J connectivity index is 2.14. The first-order chi connectivity index (χ1) is 12.4. The molecule has 2 rings (SSSR count). The summed E-state index contributed by atoms with van der Waals surface area (Å²) in [7, 11) is 0. The summed E-state index contributed by atoms with van der Waals surface area (Å²) in [6.07, 6.45) is 0. The van der Waals surface area contributed by atoms with Gasteiger partial charge in [0, 0.05) is 0 Å². The summed E-state index contributed by atoms with van der Waals surface area (Å²) in [6, 6.07) is 20.4. The molecule has 0 aliphatic carbocycles. The summed E-state index contributed by atoms with van der Waals surface area (Å²) >= 11 is 0. The topological polar surface area (TPSA) is 64.9 Å². The molecule has 4 nitrogen and oxygen atoms in total. The molecule has 0 fully saturated rings. The molecule has 0 saturated heterocycles. The van der Waals surface area contributed by atoms with Crippen molar-refractivity contribution >= 4 is 5.91 Å². The second-order valence-electron chi connectivity index (χ2n) is 7.15. The van der Waals surface area contributed by atoms with Gasteiger partial charge in [-0.15, -0.1) is 0 Å². The zero-order chi connectivity index (χ0) is 19.2. The SMILES string of the molecule is Cc1ccc([C@H](NCC(=O)N[C@](C)(C#N)C(C)C)c2ccccc2)cc1. The normalized spacial score (nSPS) is 14.3. The molecule has 2 atom stereocenters. The van der Waals surface area contributed by atoms with Gasteiger partial charge in [-0.2, -0.15) is 5.26 Å². The summed E-state index contributed by atoms with van der Waals surface area (Å²) in [5, 5.41) is 15.6. The van der Waals surface area contributed by atoms with Crippen molar-refractivity contribution in [3.05, 3.63) is 71.3 Å². The lowest BCUT2D eigenvalue weighted by Crippen LogP contribution is -2.51. The first-order valence-electron chi connectivity index (χ1n) is 8.93. The van der Waals surface area contributed by atoms with Crippen LogP contribution in [-0.4, -0.2) is 18.0 Å². The number of hydrogen-bond acceptors (Lipinski definition) is 3. The number of hydrogen-bond donors (Lipinski definition) is 2. The number of nitrogens with one attached hydrogen (secondary N) is 2. The quantitative estimate of drug-likeness (QED) is 0.800.